The maximum Gasteiger partial charge on any atom is 0.321 e. The van der Waals surface area contributed by atoms with E-state index in [-0.39, 0.29) is 17.8 Å². The monoisotopic (exact) mass is 442 g/mol. The first-order valence-corrected chi connectivity index (χ1v) is 12.2. The first-order chi connectivity index (χ1) is 14.3. The number of urea groups is 1. The summed E-state index contributed by atoms with van der Waals surface area (Å²) in [7, 11) is -1.53. The van der Waals surface area contributed by atoms with E-state index in [1.54, 1.807) is 19.2 Å². The molecule has 2 aliphatic heterocycles. The van der Waals surface area contributed by atoms with Gasteiger partial charge in [0.1, 0.15) is 5.82 Å². The highest BCUT2D eigenvalue weighted by atomic mass is 32.2. The normalized spacial score (nSPS) is 21.1. The van der Waals surface area contributed by atoms with Gasteiger partial charge in [-0.05, 0) is 31.4 Å². The van der Waals surface area contributed by atoms with E-state index in [1.165, 1.54) is 27.6 Å². The molecule has 0 spiro atoms. The van der Waals surface area contributed by atoms with Crippen molar-refractivity contribution < 1.29 is 22.3 Å². The molecule has 8 nitrogen and oxygen atoms in total. The summed E-state index contributed by atoms with van der Waals surface area (Å²) in [6, 6.07) is 6.10. The first kappa shape index (κ1) is 22.9. The van der Waals surface area contributed by atoms with E-state index < -0.39 is 15.8 Å². The highest BCUT2D eigenvalue weighted by molar-refractivity contribution is 7.88. The Morgan fingerprint density at radius 1 is 1.20 bits per heavy atom. The molecule has 2 fully saturated rings. The predicted octanol–water partition coefficient (Wildman–Crippen LogP) is 1.80. The number of halogens is 1. The average Bonchev–Trinajstić information content (AvgIpc) is 3.21. The van der Waals surface area contributed by atoms with Gasteiger partial charge in [0.05, 0.1) is 11.9 Å². The van der Waals surface area contributed by atoms with Gasteiger partial charge in [-0.3, -0.25) is 4.90 Å². The summed E-state index contributed by atoms with van der Waals surface area (Å²) in [5.74, 6) is -0.477. The number of rotatable bonds is 7. The standard InChI is InChI=1S/C20H31FN4O4S/c1-23(20(26)22-19-6-4-3-5-18(19)21)11-12-25(16-8-13-29-14-9-16)17-7-10-24(15-17)30(2,27)28/h3-6,16-17H,7-15H2,1-2H3,(H,22,26). The summed E-state index contributed by atoms with van der Waals surface area (Å²) in [6.07, 6.45) is 3.80. The molecule has 2 saturated heterocycles. The van der Waals surface area contributed by atoms with Gasteiger partial charge in [-0.15, -0.1) is 0 Å². The Balaban J connectivity index is 1.61. The Morgan fingerprint density at radius 2 is 1.90 bits per heavy atom. The Bertz CT molecular complexity index is 832. The number of benzene rings is 1. The highest BCUT2D eigenvalue weighted by Gasteiger charge is 2.35. The van der Waals surface area contributed by atoms with Gasteiger partial charge in [-0.1, -0.05) is 12.1 Å². The van der Waals surface area contributed by atoms with Gasteiger partial charge in [-0.2, -0.15) is 0 Å². The van der Waals surface area contributed by atoms with Gasteiger partial charge in [0.25, 0.3) is 0 Å². The van der Waals surface area contributed by atoms with E-state index in [1.807, 2.05) is 0 Å². The SMILES string of the molecule is CN(CCN(C1CCOCC1)C1CCN(S(C)(=O)=O)C1)C(=O)Nc1ccccc1F. The van der Waals surface area contributed by atoms with E-state index in [2.05, 4.69) is 10.2 Å². The van der Waals surface area contributed by atoms with E-state index >= 15 is 0 Å². The Kier molecular flexibility index (Phi) is 7.67. The lowest BCUT2D eigenvalue weighted by atomic mass is 10.0. The van der Waals surface area contributed by atoms with Crippen LogP contribution >= 0.6 is 0 Å². The van der Waals surface area contributed by atoms with Crippen LogP contribution in [0.5, 0.6) is 0 Å². The summed E-state index contributed by atoms with van der Waals surface area (Å²) in [6.45, 7) is 3.44. The number of anilines is 1. The molecular formula is C20H31FN4O4S. The molecule has 3 rings (SSSR count). The van der Waals surface area contributed by atoms with Crippen LogP contribution < -0.4 is 5.32 Å². The molecule has 0 radical (unpaired) electrons. The van der Waals surface area contributed by atoms with Crippen LogP contribution in [-0.4, -0.2) is 93.3 Å². The molecule has 2 amide bonds. The molecule has 1 aromatic rings. The Labute approximate surface area is 178 Å². The van der Waals surface area contributed by atoms with Crippen LogP contribution in [0.15, 0.2) is 24.3 Å². The molecule has 168 valence electrons. The molecule has 0 saturated carbocycles. The lowest BCUT2D eigenvalue weighted by molar-refractivity contribution is 0.0171. The van der Waals surface area contributed by atoms with Crippen LogP contribution in [0, 0.1) is 5.82 Å². The molecule has 2 heterocycles. The van der Waals surface area contributed by atoms with Crippen molar-refractivity contribution in [3.05, 3.63) is 30.1 Å². The number of hydrogen-bond donors (Lipinski definition) is 1. The molecule has 1 unspecified atom stereocenters. The largest absolute Gasteiger partial charge is 0.381 e. The number of carbonyl (C=O) groups is 1. The Morgan fingerprint density at radius 3 is 2.53 bits per heavy atom. The van der Waals surface area contributed by atoms with Crippen molar-refractivity contribution >= 4 is 21.7 Å². The molecule has 10 heteroatoms. The summed E-state index contributed by atoms with van der Waals surface area (Å²) < 4.78 is 44.7. The number of carbonyl (C=O) groups excluding carboxylic acids is 1. The van der Waals surface area contributed by atoms with Crippen LogP contribution in [0.2, 0.25) is 0 Å². The molecule has 1 aromatic carbocycles. The number of para-hydroxylation sites is 1. The number of ether oxygens (including phenoxy) is 1. The zero-order valence-corrected chi connectivity index (χ0v) is 18.4. The van der Waals surface area contributed by atoms with Gasteiger partial charge < -0.3 is 15.0 Å². The molecule has 0 aromatic heterocycles. The maximum absolute atomic E-state index is 13.8. The second-order valence-corrected chi connectivity index (χ2v) is 9.96. The van der Waals surface area contributed by atoms with Crippen LogP contribution in [-0.2, 0) is 14.8 Å². The molecule has 2 aliphatic rings. The van der Waals surface area contributed by atoms with Crippen molar-refractivity contribution in [3.63, 3.8) is 0 Å². The Hall–Kier alpha value is -1.75. The third kappa shape index (κ3) is 5.90. The fourth-order valence-corrected chi connectivity index (χ4v) is 4.98. The first-order valence-electron chi connectivity index (χ1n) is 10.3. The molecule has 30 heavy (non-hydrogen) atoms. The number of likely N-dealkylation sites (N-methyl/N-ethyl adjacent to an activating group) is 1. The van der Waals surface area contributed by atoms with Gasteiger partial charge in [0.15, 0.2) is 0 Å². The minimum atomic E-state index is -3.21. The lowest BCUT2D eigenvalue weighted by Crippen LogP contribution is -2.50. The third-order valence-corrected chi connectivity index (χ3v) is 7.15. The number of amides is 2. The van der Waals surface area contributed by atoms with Crippen molar-refractivity contribution in [2.24, 2.45) is 0 Å². The van der Waals surface area contributed by atoms with Gasteiger partial charge in [-0.25, -0.2) is 21.9 Å². The molecule has 1 atom stereocenters. The average molecular weight is 443 g/mol. The van der Waals surface area contributed by atoms with Gasteiger partial charge in [0.2, 0.25) is 10.0 Å². The molecule has 1 N–H and O–H groups in total. The van der Waals surface area contributed by atoms with E-state index in [9.17, 15) is 17.6 Å². The maximum atomic E-state index is 13.8. The zero-order chi connectivity index (χ0) is 21.7. The van der Waals surface area contributed by atoms with E-state index in [0.29, 0.717) is 45.4 Å². The van der Waals surface area contributed by atoms with Crippen molar-refractivity contribution in [2.45, 2.75) is 31.3 Å². The number of nitrogens with zero attached hydrogens (tertiary/aromatic N) is 3. The van der Waals surface area contributed by atoms with Crippen molar-refractivity contribution in [1.82, 2.24) is 14.1 Å². The van der Waals surface area contributed by atoms with Crippen molar-refractivity contribution in [3.8, 4) is 0 Å². The van der Waals surface area contributed by atoms with E-state index in [0.717, 1.165) is 19.3 Å². The van der Waals surface area contributed by atoms with Crippen molar-refractivity contribution in [2.75, 3.05) is 58.0 Å². The number of nitrogens with one attached hydrogen (secondary N) is 1. The lowest BCUT2D eigenvalue weighted by Gasteiger charge is -2.39. The minimum Gasteiger partial charge on any atom is -0.381 e. The summed E-state index contributed by atoms with van der Waals surface area (Å²) >= 11 is 0. The smallest absolute Gasteiger partial charge is 0.321 e. The van der Waals surface area contributed by atoms with Gasteiger partial charge in [0, 0.05) is 58.5 Å². The topological polar surface area (TPSA) is 82.2 Å². The molecular weight excluding hydrogens is 411 g/mol. The van der Waals surface area contributed by atoms with Crippen LogP contribution in [0.1, 0.15) is 19.3 Å². The zero-order valence-electron chi connectivity index (χ0n) is 17.6. The minimum absolute atomic E-state index is 0.117. The highest BCUT2D eigenvalue weighted by Crippen LogP contribution is 2.24. The summed E-state index contributed by atoms with van der Waals surface area (Å²) in [5, 5.41) is 2.60. The predicted molar refractivity (Wildman–Crippen MR) is 113 cm³/mol. The van der Waals surface area contributed by atoms with E-state index in [4.69, 9.17) is 4.74 Å². The molecule has 0 aliphatic carbocycles. The fraction of sp³-hybridized carbons (Fsp3) is 0.650. The van der Waals surface area contributed by atoms with Crippen molar-refractivity contribution in [1.29, 1.82) is 0 Å². The second kappa shape index (κ2) is 10.0. The third-order valence-electron chi connectivity index (χ3n) is 5.88. The number of sulfonamides is 1. The second-order valence-electron chi connectivity index (χ2n) is 7.98. The summed E-state index contributed by atoms with van der Waals surface area (Å²) in [5.41, 5.74) is 0.148. The van der Waals surface area contributed by atoms with Crippen LogP contribution in [0.3, 0.4) is 0 Å². The fourth-order valence-electron chi connectivity index (χ4n) is 4.10. The quantitative estimate of drug-likeness (QED) is 0.697. The van der Waals surface area contributed by atoms with Gasteiger partial charge >= 0.3 is 6.03 Å². The van der Waals surface area contributed by atoms with Crippen LogP contribution in [0.25, 0.3) is 0 Å². The number of hydrogen-bond acceptors (Lipinski definition) is 5. The summed E-state index contributed by atoms with van der Waals surface area (Å²) in [4.78, 5) is 16.3. The molecule has 0 bridgehead atoms. The van der Waals surface area contributed by atoms with Crippen LogP contribution in [0.4, 0.5) is 14.9 Å².